The number of hydrogen-bond acceptors (Lipinski definition) is 5. The molecule has 3 rings (SSSR count). The van der Waals surface area contributed by atoms with E-state index in [4.69, 9.17) is 9.47 Å². The number of ether oxygens (including phenoxy) is 2. The summed E-state index contributed by atoms with van der Waals surface area (Å²) in [7, 11) is 0.722. The molecule has 3 aromatic rings. The fourth-order valence-electron chi connectivity index (χ4n) is 3.23. The van der Waals surface area contributed by atoms with Crippen LogP contribution in [0.3, 0.4) is 0 Å². The average Bonchev–Trinajstić information content (AvgIpc) is 3.02. The smallest absolute Gasteiger partial charge is 0.244 e. The highest BCUT2D eigenvalue weighted by Crippen LogP contribution is 2.37. The fourth-order valence-corrected chi connectivity index (χ4v) is 5.37. The molecule has 2 aromatic carbocycles. The van der Waals surface area contributed by atoms with Gasteiger partial charge in [-0.05, 0) is 48.0 Å². The van der Waals surface area contributed by atoms with Gasteiger partial charge in [-0.25, -0.2) is 13.1 Å². The van der Waals surface area contributed by atoms with Crippen molar-refractivity contribution in [3.8, 4) is 17.2 Å². The Morgan fingerprint density at radius 3 is 2.27 bits per heavy atom. The summed E-state index contributed by atoms with van der Waals surface area (Å²) in [6, 6.07) is 12.8. The molecular weight excluding hydrogens is 470 g/mol. The number of para-hydroxylation sites is 1. The van der Waals surface area contributed by atoms with Gasteiger partial charge in [-0.15, -0.1) is 0 Å². The van der Waals surface area contributed by atoms with Crippen molar-refractivity contribution in [2.45, 2.75) is 25.3 Å². The SMILES string of the molecule is COc1cc(Br)c(S(=O)(=O)N(C)Cc2c(C)nn(-c3ccccc3)c2C)cc1OC. The van der Waals surface area contributed by atoms with Crippen molar-refractivity contribution < 1.29 is 17.9 Å². The molecule has 0 aliphatic rings. The maximum atomic E-state index is 13.3. The molecule has 0 aliphatic carbocycles. The fraction of sp³-hybridized carbons (Fsp3) is 0.286. The Hall–Kier alpha value is -2.36. The number of rotatable bonds is 7. The van der Waals surface area contributed by atoms with E-state index in [1.165, 1.54) is 24.6 Å². The third kappa shape index (κ3) is 4.10. The van der Waals surface area contributed by atoms with Crippen molar-refractivity contribution in [3.63, 3.8) is 0 Å². The first-order chi connectivity index (χ1) is 14.2. The first kappa shape index (κ1) is 22.3. The minimum Gasteiger partial charge on any atom is -0.493 e. The number of hydrogen-bond donors (Lipinski definition) is 0. The second-order valence-corrected chi connectivity index (χ2v) is 9.66. The molecule has 0 aliphatic heterocycles. The van der Waals surface area contributed by atoms with Crippen LogP contribution >= 0.6 is 15.9 Å². The van der Waals surface area contributed by atoms with Crippen LogP contribution in [0.4, 0.5) is 0 Å². The Bertz CT molecular complexity index is 1160. The zero-order valence-electron chi connectivity index (χ0n) is 17.5. The first-order valence-corrected chi connectivity index (χ1v) is 11.4. The van der Waals surface area contributed by atoms with Gasteiger partial charge in [-0.1, -0.05) is 18.2 Å². The Morgan fingerprint density at radius 2 is 1.67 bits per heavy atom. The van der Waals surface area contributed by atoms with Gasteiger partial charge in [0.1, 0.15) is 4.90 Å². The Morgan fingerprint density at radius 1 is 1.07 bits per heavy atom. The average molecular weight is 494 g/mol. The van der Waals surface area contributed by atoms with Crippen LogP contribution in [0.15, 0.2) is 51.8 Å². The lowest BCUT2D eigenvalue weighted by molar-refractivity contribution is 0.353. The summed E-state index contributed by atoms with van der Waals surface area (Å²) < 4.78 is 40.7. The zero-order chi connectivity index (χ0) is 22.1. The van der Waals surface area contributed by atoms with E-state index in [2.05, 4.69) is 21.0 Å². The van der Waals surface area contributed by atoms with Crippen LogP contribution in [-0.2, 0) is 16.6 Å². The lowest BCUT2D eigenvalue weighted by Crippen LogP contribution is -2.27. The molecule has 0 saturated heterocycles. The summed E-state index contributed by atoms with van der Waals surface area (Å²) in [5.74, 6) is 0.790. The van der Waals surface area contributed by atoms with Gasteiger partial charge < -0.3 is 9.47 Å². The van der Waals surface area contributed by atoms with Crippen molar-refractivity contribution in [1.29, 1.82) is 0 Å². The summed E-state index contributed by atoms with van der Waals surface area (Å²) in [4.78, 5) is 0.105. The molecule has 0 amide bonds. The van der Waals surface area contributed by atoms with E-state index in [9.17, 15) is 8.42 Å². The molecule has 1 aromatic heterocycles. The molecule has 30 heavy (non-hydrogen) atoms. The van der Waals surface area contributed by atoms with E-state index in [1.54, 1.807) is 13.1 Å². The maximum Gasteiger partial charge on any atom is 0.244 e. The third-order valence-corrected chi connectivity index (χ3v) is 7.71. The Labute approximate surface area is 185 Å². The zero-order valence-corrected chi connectivity index (χ0v) is 19.9. The molecule has 0 N–H and O–H groups in total. The van der Waals surface area contributed by atoms with Crippen molar-refractivity contribution >= 4 is 26.0 Å². The molecule has 0 fully saturated rings. The molecule has 0 saturated carbocycles. The predicted octanol–water partition coefficient (Wildman–Crippen LogP) is 4.09. The monoisotopic (exact) mass is 493 g/mol. The van der Waals surface area contributed by atoms with E-state index in [0.717, 1.165) is 22.6 Å². The van der Waals surface area contributed by atoms with Gasteiger partial charge in [0.05, 0.1) is 25.6 Å². The van der Waals surface area contributed by atoms with Crippen molar-refractivity contribution in [1.82, 2.24) is 14.1 Å². The highest BCUT2D eigenvalue weighted by molar-refractivity contribution is 9.10. The minimum absolute atomic E-state index is 0.105. The standard InChI is InChI=1S/C21H24BrN3O4S/c1-14-17(15(2)25(23-14)16-9-7-6-8-10-16)13-24(3)30(26,27)21-12-20(29-5)19(28-4)11-18(21)22/h6-12H,13H2,1-5H3. The normalized spacial score (nSPS) is 11.7. The van der Waals surface area contributed by atoms with Crippen LogP contribution in [0.25, 0.3) is 5.69 Å². The molecule has 0 spiro atoms. The molecule has 160 valence electrons. The quantitative estimate of drug-likeness (QED) is 0.495. The van der Waals surface area contributed by atoms with Crippen LogP contribution in [0.2, 0.25) is 0 Å². The number of nitrogens with zero attached hydrogens (tertiary/aromatic N) is 3. The Balaban J connectivity index is 1.97. The third-order valence-electron chi connectivity index (χ3n) is 4.95. The molecule has 0 bridgehead atoms. The molecule has 9 heteroatoms. The van der Waals surface area contributed by atoms with E-state index in [1.807, 2.05) is 48.9 Å². The molecule has 1 heterocycles. The number of halogens is 1. The van der Waals surface area contributed by atoms with Crippen LogP contribution in [0.1, 0.15) is 17.0 Å². The van der Waals surface area contributed by atoms with Gasteiger partial charge in [0.25, 0.3) is 0 Å². The van der Waals surface area contributed by atoms with E-state index < -0.39 is 10.0 Å². The Kier molecular flexibility index (Phi) is 6.54. The summed E-state index contributed by atoms with van der Waals surface area (Å²) in [6.07, 6.45) is 0. The molecule has 0 unspecified atom stereocenters. The van der Waals surface area contributed by atoms with Crippen molar-refractivity contribution in [2.75, 3.05) is 21.3 Å². The molecule has 0 atom stereocenters. The summed E-state index contributed by atoms with van der Waals surface area (Å²) >= 11 is 3.35. The summed E-state index contributed by atoms with van der Waals surface area (Å²) in [5, 5.41) is 4.61. The van der Waals surface area contributed by atoms with Crippen LogP contribution in [-0.4, -0.2) is 43.8 Å². The summed E-state index contributed by atoms with van der Waals surface area (Å²) in [6.45, 7) is 4.01. The predicted molar refractivity (Wildman–Crippen MR) is 119 cm³/mol. The van der Waals surface area contributed by atoms with Gasteiger partial charge in [-0.3, -0.25) is 0 Å². The van der Waals surface area contributed by atoms with Crippen molar-refractivity contribution in [2.24, 2.45) is 0 Å². The van der Waals surface area contributed by atoms with E-state index in [0.29, 0.717) is 16.0 Å². The number of aryl methyl sites for hydroxylation is 1. The highest BCUT2D eigenvalue weighted by atomic mass is 79.9. The number of sulfonamides is 1. The van der Waals surface area contributed by atoms with E-state index in [-0.39, 0.29) is 11.4 Å². The lowest BCUT2D eigenvalue weighted by atomic mass is 10.2. The number of benzene rings is 2. The number of aromatic nitrogens is 2. The summed E-state index contributed by atoms with van der Waals surface area (Å²) in [5.41, 5.74) is 3.47. The van der Waals surface area contributed by atoms with Gasteiger partial charge in [0.2, 0.25) is 10.0 Å². The van der Waals surface area contributed by atoms with Crippen molar-refractivity contribution in [3.05, 3.63) is 63.9 Å². The van der Waals surface area contributed by atoms with Crippen LogP contribution in [0, 0.1) is 13.8 Å². The highest BCUT2D eigenvalue weighted by Gasteiger charge is 2.27. The van der Waals surface area contributed by atoms with E-state index >= 15 is 0 Å². The topological polar surface area (TPSA) is 73.7 Å². The van der Waals surface area contributed by atoms with Gasteiger partial charge in [0.15, 0.2) is 11.5 Å². The molecular formula is C21H24BrN3O4S. The second-order valence-electron chi connectivity index (χ2n) is 6.80. The molecule has 0 radical (unpaired) electrons. The van der Waals surface area contributed by atoms with Crippen LogP contribution < -0.4 is 9.47 Å². The molecule has 7 nitrogen and oxygen atoms in total. The van der Waals surface area contributed by atoms with Gasteiger partial charge in [0, 0.05) is 35.4 Å². The van der Waals surface area contributed by atoms with Gasteiger partial charge in [-0.2, -0.15) is 9.40 Å². The number of methoxy groups -OCH3 is 2. The van der Waals surface area contributed by atoms with Gasteiger partial charge >= 0.3 is 0 Å². The van der Waals surface area contributed by atoms with Crippen LogP contribution in [0.5, 0.6) is 11.5 Å². The first-order valence-electron chi connectivity index (χ1n) is 9.19. The second kappa shape index (κ2) is 8.79. The minimum atomic E-state index is -3.80. The maximum absolute atomic E-state index is 13.3. The lowest BCUT2D eigenvalue weighted by Gasteiger charge is -2.20. The largest absolute Gasteiger partial charge is 0.493 e.